The fraction of sp³-hybridized carbons (Fsp3) is 0.519. The largest absolute Gasteiger partial charge is 0.510 e. The molecule has 2 aliphatic rings. The highest BCUT2D eigenvalue weighted by Crippen LogP contribution is 2.34. The number of fused-ring (bicyclic) bond motifs is 3. The van der Waals surface area contributed by atoms with Crippen LogP contribution in [0.15, 0.2) is 36.7 Å². The first-order valence-electron chi connectivity index (χ1n) is 12.6. The SMILES string of the molecule is CC1N(COC(=O)OCCNC(=O)OC(C)(C)C)C=CN1CC1CCc2c(c3ccccc3n2C)C1=O. The van der Waals surface area contributed by atoms with Crippen LogP contribution >= 0.6 is 0 Å². The summed E-state index contributed by atoms with van der Waals surface area (Å²) in [5.74, 6) is 0.0885. The number of Topliss-reactive ketones (excluding diaryl/α,β-unsaturated/α-hetero) is 1. The molecule has 10 heteroatoms. The number of nitrogens with one attached hydrogen (secondary N) is 1. The zero-order valence-corrected chi connectivity index (χ0v) is 22.2. The van der Waals surface area contributed by atoms with Crippen molar-refractivity contribution in [3.8, 4) is 0 Å². The summed E-state index contributed by atoms with van der Waals surface area (Å²) in [6.45, 7) is 7.99. The summed E-state index contributed by atoms with van der Waals surface area (Å²) in [5.41, 5.74) is 2.46. The minimum Gasteiger partial charge on any atom is -0.444 e. The van der Waals surface area contributed by atoms with Gasteiger partial charge in [-0.3, -0.25) is 4.79 Å². The maximum absolute atomic E-state index is 13.5. The van der Waals surface area contributed by atoms with Crippen molar-refractivity contribution in [1.82, 2.24) is 19.7 Å². The van der Waals surface area contributed by atoms with Crippen LogP contribution < -0.4 is 5.32 Å². The van der Waals surface area contributed by atoms with Gasteiger partial charge in [-0.2, -0.15) is 0 Å². The molecule has 200 valence electrons. The van der Waals surface area contributed by atoms with Crippen LogP contribution in [0.4, 0.5) is 9.59 Å². The molecule has 37 heavy (non-hydrogen) atoms. The van der Waals surface area contributed by atoms with Crippen LogP contribution in [0, 0.1) is 5.92 Å². The first-order valence-corrected chi connectivity index (χ1v) is 12.6. The topological polar surface area (TPSA) is 102 Å². The molecule has 2 unspecified atom stereocenters. The third kappa shape index (κ3) is 6.00. The molecule has 0 saturated heterocycles. The van der Waals surface area contributed by atoms with E-state index in [0.29, 0.717) is 6.54 Å². The molecule has 1 amide bonds. The lowest BCUT2D eigenvalue weighted by molar-refractivity contribution is 0.00485. The predicted octanol–water partition coefficient (Wildman–Crippen LogP) is 3.99. The molecule has 2 heterocycles. The summed E-state index contributed by atoms with van der Waals surface area (Å²) in [6, 6.07) is 8.06. The average molecular weight is 513 g/mol. The Morgan fingerprint density at radius 1 is 1.11 bits per heavy atom. The molecule has 1 aliphatic carbocycles. The van der Waals surface area contributed by atoms with Crippen LogP contribution in [0.1, 0.15) is 50.2 Å². The first-order chi connectivity index (χ1) is 17.5. The molecular formula is C27H36N4O6. The van der Waals surface area contributed by atoms with Crippen LogP contribution in [0.2, 0.25) is 0 Å². The van der Waals surface area contributed by atoms with E-state index >= 15 is 0 Å². The highest BCUT2D eigenvalue weighted by molar-refractivity contribution is 6.11. The Hall–Kier alpha value is -3.69. The highest BCUT2D eigenvalue weighted by Gasteiger charge is 2.34. The number of hydrogen-bond donors (Lipinski definition) is 1. The van der Waals surface area contributed by atoms with Crippen molar-refractivity contribution >= 4 is 28.9 Å². The van der Waals surface area contributed by atoms with Gasteiger partial charge in [0.2, 0.25) is 0 Å². The molecule has 2 aromatic rings. The van der Waals surface area contributed by atoms with Crippen molar-refractivity contribution in [1.29, 1.82) is 0 Å². The number of amides is 1. The number of benzene rings is 1. The van der Waals surface area contributed by atoms with Gasteiger partial charge in [-0.05, 0) is 46.6 Å². The Morgan fingerprint density at radius 2 is 1.84 bits per heavy atom. The molecule has 10 nitrogen and oxygen atoms in total. The number of aryl methyl sites for hydroxylation is 1. The van der Waals surface area contributed by atoms with Gasteiger partial charge in [0.15, 0.2) is 12.5 Å². The second kappa shape index (κ2) is 10.7. The standard InChI is InChI=1S/C27H36N4O6/c1-18-30(13-14-31(18)17-36-26(34)35-15-12-28-25(33)37-27(2,3)4)16-19-10-11-22-23(24(19)32)20-8-6-7-9-21(20)29(22)5/h6-9,13-14,18-19H,10-12,15-17H2,1-5H3,(H,28,33). The lowest BCUT2D eigenvalue weighted by atomic mass is 9.84. The second-order valence-corrected chi connectivity index (χ2v) is 10.4. The number of ether oxygens (including phenoxy) is 3. The Morgan fingerprint density at radius 3 is 2.59 bits per heavy atom. The molecule has 1 aromatic carbocycles. The first kappa shape index (κ1) is 26.4. The van der Waals surface area contributed by atoms with Gasteiger partial charge in [-0.25, -0.2) is 9.59 Å². The van der Waals surface area contributed by atoms with Crippen molar-refractivity contribution in [3.63, 3.8) is 0 Å². The predicted molar refractivity (Wildman–Crippen MR) is 138 cm³/mol. The van der Waals surface area contributed by atoms with E-state index in [-0.39, 0.29) is 37.7 Å². The second-order valence-electron chi connectivity index (χ2n) is 10.4. The number of rotatable bonds is 7. The molecule has 0 spiro atoms. The molecule has 0 saturated carbocycles. The van der Waals surface area contributed by atoms with Gasteiger partial charge in [0.05, 0.1) is 6.54 Å². The number of carbonyl (C=O) groups is 3. The average Bonchev–Trinajstić information content (AvgIpc) is 3.33. The summed E-state index contributed by atoms with van der Waals surface area (Å²) in [5, 5.41) is 3.54. The number of alkyl carbamates (subject to hydrolysis) is 1. The Labute approximate surface area is 217 Å². The van der Waals surface area contributed by atoms with Crippen molar-refractivity contribution in [2.75, 3.05) is 26.4 Å². The molecule has 0 radical (unpaired) electrons. The van der Waals surface area contributed by atoms with Gasteiger partial charge in [0.25, 0.3) is 0 Å². The van der Waals surface area contributed by atoms with Crippen LogP contribution in [-0.4, -0.2) is 70.6 Å². The molecule has 4 rings (SSSR count). The van der Waals surface area contributed by atoms with Crippen molar-refractivity contribution in [3.05, 3.63) is 47.9 Å². The number of carbonyl (C=O) groups excluding carboxylic acids is 3. The van der Waals surface area contributed by atoms with Gasteiger partial charge >= 0.3 is 12.2 Å². The van der Waals surface area contributed by atoms with E-state index in [1.807, 2.05) is 49.5 Å². The van der Waals surface area contributed by atoms with Crippen molar-refractivity contribution in [2.24, 2.45) is 13.0 Å². The number of hydrogen-bond acceptors (Lipinski definition) is 8. The lowest BCUT2D eigenvalue weighted by Crippen LogP contribution is -2.42. The lowest BCUT2D eigenvalue weighted by Gasteiger charge is -2.32. The minimum absolute atomic E-state index is 0.0125. The molecule has 1 N–H and O–H groups in total. The normalized spacial score (nSPS) is 19.2. The number of aromatic nitrogens is 1. The van der Waals surface area contributed by atoms with Crippen LogP contribution in [0.25, 0.3) is 10.9 Å². The summed E-state index contributed by atoms with van der Waals surface area (Å²) in [4.78, 5) is 41.0. The summed E-state index contributed by atoms with van der Waals surface area (Å²) in [6.07, 6.45) is 3.96. The van der Waals surface area contributed by atoms with E-state index in [0.717, 1.165) is 35.0 Å². The molecule has 1 aliphatic heterocycles. The van der Waals surface area contributed by atoms with Gasteiger partial charge in [-0.15, -0.1) is 0 Å². The quantitative estimate of drug-likeness (QED) is 0.439. The monoisotopic (exact) mass is 512 g/mol. The van der Waals surface area contributed by atoms with Gasteiger partial charge < -0.3 is 33.9 Å². The minimum atomic E-state index is -0.823. The van der Waals surface area contributed by atoms with Gasteiger partial charge in [-0.1, -0.05) is 18.2 Å². The van der Waals surface area contributed by atoms with E-state index in [4.69, 9.17) is 14.2 Å². The maximum Gasteiger partial charge on any atom is 0.510 e. The van der Waals surface area contributed by atoms with Crippen LogP contribution in [0.3, 0.4) is 0 Å². The number of para-hydroxylation sites is 1. The van der Waals surface area contributed by atoms with Crippen LogP contribution in [0.5, 0.6) is 0 Å². The molecule has 0 fully saturated rings. The van der Waals surface area contributed by atoms with Gasteiger partial charge in [0, 0.05) is 54.1 Å². The fourth-order valence-electron chi connectivity index (χ4n) is 4.83. The Bertz CT molecular complexity index is 1200. The summed E-state index contributed by atoms with van der Waals surface area (Å²) < 4.78 is 17.5. The van der Waals surface area contributed by atoms with Crippen molar-refractivity contribution < 1.29 is 28.6 Å². The molecule has 0 bridgehead atoms. The number of ketones is 1. The Balaban J connectivity index is 1.22. The third-order valence-corrected chi connectivity index (χ3v) is 6.74. The maximum atomic E-state index is 13.5. The van der Waals surface area contributed by atoms with Gasteiger partial charge in [0.1, 0.15) is 18.4 Å². The smallest absolute Gasteiger partial charge is 0.444 e. The summed E-state index contributed by atoms with van der Waals surface area (Å²) in [7, 11) is 2.03. The van der Waals surface area contributed by atoms with E-state index in [2.05, 4.69) is 20.9 Å². The third-order valence-electron chi connectivity index (χ3n) is 6.74. The van der Waals surface area contributed by atoms with Crippen molar-refractivity contribution in [2.45, 2.75) is 52.3 Å². The Kier molecular flexibility index (Phi) is 7.65. The molecule has 1 aromatic heterocycles. The molecular weight excluding hydrogens is 476 g/mol. The fourth-order valence-corrected chi connectivity index (χ4v) is 4.83. The highest BCUT2D eigenvalue weighted by atomic mass is 16.7. The van der Waals surface area contributed by atoms with E-state index in [1.54, 1.807) is 20.8 Å². The van der Waals surface area contributed by atoms with E-state index < -0.39 is 17.8 Å². The van der Waals surface area contributed by atoms with E-state index in [9.17, 15) is 14.4 Å². The van der Waals surface area contributed by atoms with Crippen LogP contribution in [-0.2, 0) is 27.7 Å². The zero-order chi connectivity index (χ0) is 26.7. The summed E-state index contributed by atoms with van der Waals surface area (Å²) >= 11 is 0. The zero-order valence-electron chi connectivity index (χ0n) is 22.2. The van der Waals surface area contributed by atoms with E-state index in [1.165, 1.54) is 0 Å². The number of nitrogens with zero attached hydrogens (tertiary/aromatic N) is 3. The molecule has 2 atom stereocenters.